The van der Waals surface area contributed by atoms with Crippen LogP contribution in [0.3, 0.4) is 0 Å². The third-order valence-corrected chi connectivity index (χ3v) is 41.3. The predicted octanol–water partition coefficient (Wildman–Crippen LogP) is 23.0. The summed E-state index contributed by atoms with van der Waals surface area (Å²) >= 11 is 0. The maximum atomic E-state index is 14.4. The fourth-order valence-electron chi connectivity index (χ4n) is 8.69. The van der Waals surface area contributed by atoms with Crippen molar-refractivity contribution >= 4 is 47.6 Å². The van der Waals surface area contributed by atoms with Crippen LogP contribution >= 0.6 is 0 Å². The van der Waals surface area contributed by atoms with Crippen molar-refractivity contribution in [2.75, 3.05) is 0 Å². The van der Waals surface area contributed by atoms with Crippen molar-refractivity contribution in [1.29, 1.82) is 0 Å². The fourth-order valence-corrected chi connectivity index (χ4v) is 13.8. The molecule has 0 unspecified atom stereocenters. The normalized spacial score (nSPS) is 16.2. The highest BCUT2D eigenvalue weighted by molar-refractivity contribution is 6.77. The Hall–Kier alpha value is -2.21. The van der Waals surface area contributed by atoms with Gasteiger partial charge in [-0.1, -0.05) is 226 Å². The number of carbonyl (C=O) groups is 1. The first-order valence-electron chi connectivity index (χ1n) is 32.1. The minimum Gasteiger partial charge on any atom is -0.543 e. The van der Waals surface area contributed by atoms with Crippen LogP contribution < -0.4 is 26.9 Å². The van der Waals surface area contributed by atoms with E-state index in [0.717, 1.165) is 41.9 Å². The lowest BCUT2D eigenvalue weighted by atomic mass is 9.93. The second kappa shape index (κ2) is 29.3. The summed E-state index contributed by atoms with van der Waals surface area (Å²) in [5.41, 5.74) is 1.73. The molecule has 2 aromatic rings. The molecule has 3 rings (SSSR count). The van der Waals surface area contributed by atoms with Crippen molar-refractivity contribution in [3.05, 3.63) is 35.4 Å². The van der Waals surface area contributed by atoms with E-state index in [0.29, 0.717) is 35.8 Å². The molecule has 0 saturated heterocycles. The summed E-state index contributed by atoms with van der Waals surface area (Å²) < 4.78 is 50.9. The smallest absolute Gasteiger partial charge is 0.306 e. The monoisotopic (exact) mass is 1200 g/mol. The van der Waals surface area contributed by atoms with Gasteiger partial charge in [-0.25, -0.2) is 0 Å². The molecule has 0 aromatic heterocycles. The highest BCUT2D eigenvalue weighted by Crippen LogP contribution is 2.54. The summed E-state index contributed by atoms with van der Waals surface area (Å²) in [6, 6.07) is 8.40. The van der Waals surface area contributed by atoms with E-state index in [9.17, 15) is 4.79 Å². The first kappa shape index (κ1) is 72.1. The first-order chi connectivity index (χ1) is 36.5. The minimum absolute atomic E-state index is 0.0346. The summed E-state index contributed by atoms with van der Waals surface area (Å²) in [4.78, 5) is 14.4. The SMILES string of the molecule is CCCCCCCCCCCCCCCCCCCCCC(=O)O[C@@H]1Cc2c(cc(O[Si](C)(C)C(C)(C)C)cc2O[Si](C)(C)C(C)(C)C)O[C@@H]1c1cc(O[Si](C)(C)C(C)(C)C)c(O[Si](C)(C)C(C)(C)C)c(O[Si](C)(C)C(C)(C)C)c1. The molecule has 2 atom stereocenters. The maximum absolute atomic E-state index is 14.4. The molecular weight excluding hydrogens is 1070 g/mol. The molecule has 0 radical (unpaired) electrons. The zero-order valence-corrected chi connectivity index (χ0v) is 62.1. The van der Waals surface area contributed by atoms with E-state index in [2.05, 4.69) is 201 Å². The summed E-state index contributed by atoms with van der Waals surface area (Å²) in [5, 5.41) is -0.412. The predicted molar refractivity (Wildman–Crippen MR) is 357 cm³/mol. The summed E-state index contributed by atoms with van der Waals surface area (Å²) in [6.45, 7) is 59.2. The van der Waals surface area contributed by atoms with Crippen molar-refractivity contribution < 1.29 is 36.4 Å². The van der Waals surface area contributed by atoms with Crippen LogP contribution in [-0.4, -0.2) is 53.7 Å². The lowest BCUT2D eigenvalue weighted by Gasteiger charge is -2.42. The van der Waals surface area contributed by atoms with Crippen LogP contribution in [0.4, 0.5) is 0 Å². The Morgan fingerprint density at radius 2 is 0.762 bits per heavy atom. The van der Waals surface area contributed by atoms with Gasteiger partial charge in [-0.05, 0) is 109 Å². The standard InChI is InChI=1S/C67H126O8Si5/c1-27-28-29-30-31-32-33-34-35-36-37-38-39-40-41-42-43-44-45-46-60(68)69-57-51-54-55(49-53(71-76(17,18)63(2,3)4)50-56(54)72-77(19,20)64(5,6)7)70-61(57)52-47-58(73-78(21,22)65(8,9)10)62(75-80(25,26)67(14,15)16)59(48-52)74-79(23,24)66(11,12)13/h47-50,57,61H,27-46,51H2,1-26H3/t57-,61-/m1/s1. The van der Waals surface area contributed by atoms with Crippen LogP contribution in [0.15, 0.2) is 24.3 Å². The van der Waals surface area contributed by atoms with Gasteiger partial charge in [-0.15, -0.1) is 0 Å². The molecule has 462 valence electrons. The molecule has 0 bridgehead atoms. The van der Waals surface area contributed by atoms with Gasteiger partial charge in [0.05, 0.1) is 0 Å². The summed E-state index contributed by atoms with van der Waals surface area (Å²) in [5.74, 6) is 3.98. The van der Waals surface area contributed by atoms with E-state index in [1.165, 1.54) is 103 Å². The quantitative estimate of drug-likeness (QED) is 0.0407. The summed E-state index contributed by atoms with van der Waals surface area (Å²) in [6.07, 6.45) is 24.3. The Labute approximate surface area is 499 Å². The Morgan fingerprint density at radius 1 is 0.438 bits per heavy atom. The zero-order valence-electron chi connectivity index (χ0n) is 57.1. The van der Waals surface area contributed by atoms with Crippen molar-refractivity contribution in [3.8, 4) is 34.5 Å². The molecule has 0 N–H and O–H groups in total. The van der Waals surface area contributed by atoms with Gasteiger partial charge in [-0.3, -0.25) is 4.79 Å². The molecule has 0 aliphatic carbocycles. The molecule has 8 nitrogen and oxygen atoms in total. The van der Waals surface area contributed by atoms with Crippen LogP contribution in [0.5, 0.6) is 34.5 Å². The summed E-state index contributed by atoms with van der Waals surface area (Å²) in [7, 11) is -12.1. The van der Waals surface area contributed by atoms with E-state index in [1.54, 1.807) is 0 Å². The average Bonchev–Trinajstić information content (AvgIpc) is 3.28. The average molecular weight is 1200 g/mol. The number of esters is 1. The molecule has 1 heterocycles. The minimum atomic E-state index is -2.49. The van der Waals surface area contributed by atoms with Crippen molar-refractivity contribution in [2.24, 2.45) is 0 Å². The van der Waals surface area contributed by atoms with E-state index in [-0.39, 0.29) is 31.2 Å². The highest BCUT2D eigenvalue weighted by atomic mass is 28.4. The molecular formula is C67H126O8Si5. The lowest BCUT2D eigenvalue weighted by Crippen LogP contribution is -2.47. The van der Waals surface area contributed by atoms with E-state index < -0.39 is 53.8 Å². The molecule has 0 fully saturated rings. The number of ether oxygens (including phenoxy) is 2. The topological polar surface area (TPSA) is 81.7 Å². The number of rotatable bonds is 32. The van der Waals surface area contributed by atoms with Crippen LogP contribution in [0.25, 0.3) is 0 Å². The molecule has 2 aromatic carbocycles. The molecule has 0 spiro atoms. The lowest BCUT2D eigenvalue weighted by molar-refractivity contribution is -0.155. The van der Waals surface area contributed by atoms with E-state index >= 15 is 0 Å². The van der Waals surface area contributed by atoms with Gasteiger partial charge >= 0.3 is 5.97 Å². The number of carbonyl (C=O) groups excluding carboxylic acids is 1. The van der Waals surface area contributed by atoms with Gasteiger partial charge in [0, 0.05) is 36.1 Å². The van der Waals surface area contributed by atoms with Crippen LogP contribution in [0, 0.1) is 0 Å². The largest absolute Gasteiger partial charge is 0.543 e. The maximum Gasteiger partial charge on any atom is 0.306 e. The van der Waals surface area contributed by atoms with Crippen LogP contribution in [0.1, 0.15) is 256 Å². The van der Waals surface area contributed by atoms with Gasteiger partial charge in [0.25, 0.3) is 25.0 Å². The number of benzene rings is 2. The Balaban J connectivity index is 2.09. The Bertz CT molecular complexity index is 2170. The van der Waals surface area contributed by atoms with Gasteiger partial charge in [-0.2, -0.15) is 0 Å². The highest BCUT2D eigenvalue weighted by Gasteiger charge is 2.48. The molecule has 13 heteroatoms. The molecule has 0 amide bonds. The van der Waals surface area contributed by atoms with Crippen LogP contribution in [-0.2, 0) is 16.0 Å². The number of fused-ring (bicyclic) bond motifs is 1. The third-order valence-electron chi connectivity index (χ3n) is 19.6. The number of unbranched alkanes of at least 4 members (excludes halogenated alkanes) is 18. The fraction of sp³-hybridized carbons (Fsp3) is 0.806. The van der Waals surface area contributed by atoms with Crippen LogP contribution in [0.2, 0.25) is 90.7 Å². The molecule has 1 aliphatic heterocycles. The van der Waals surface area contributed by atoms with E-state index in [4.69, 9.17) is 31.6 Å². The number of hydrogen-bond donors (Lipinski definition) is 0. The van der Waals surface area contributed by atoms with Crippen molar-refractivity contribution in [2.45, 2.75) is 348 Å². The van der Waals surface area contributed by atoms with Gasteiger partial charge in [0.2, 0.25) is 16.6 Å². The molecule has 1 aliphatic rings. The third kappa shape index (κ3) is 21.4. The van der Waals surface area contributed by atoms with Gasteiger partial charge in [0.1, 0.15) is 34.9 Å². The molecule has 0 saturated carbocycles. The van der Waals surface area contributed by atoms with Gasteiger partial charge in [0.15, 0.2) is 11.9 Å². The zero-order chi connectivity index (χ0) is 61.0. The number of hydrogen-bond acceptors (Lipinski definition) is 8. The van der Waals surface area contributed by atoms with Crippen molar-refractivity contribution in [3.63, 3.8) is 0 Å². The first-order valence-corrected chi connectivity index (χ1v) is 46.7. The van der Waals surface area contributed by atoms with E-state index in [1.807, 2.05) is 0 Å². The van der Waals surface area contributed by atoms with Crippen molar-refractivity contribution in [1.82, 2.24) is 0 Å². The second-order valence-corrected chi connectivity index (χ2v) is 55.6. The van der Waals surface area contributed by atoms with Gasteiger partial charge < -0.3 is 31.6 Å². The Morgan fingerprint density at radius 3 is 1.12 bits per heavy atom. The Kier molecular flexibility index (Phi) is 26.4. The molecule has 80 heavy (non-hydrogen) atoms. The second-order valence-electron chi connectivity index (χ2n) is 31.9.